The van der Waals surface area contributed by atoms with Crippen LogP contribution in [0.4, 0.5) is 14.5 Å². The summed E-state index contributed by atoms with van der Waals surface area (Å²) in [7, 11) is 0. The number of amides is 1. The molecular weight excluding hydrogens is 388 g/mol. The van der Waals surface area contributed by atoms with Gasteiger partial charge >= 0.3 is 5.97 Å². The molecule has 28 heavy (non-hydrogen) atoms. The average molecular weight is 405 g/mol. The molecule has 2 aromatic rings. The normalized spacial score (nSPS) is 11.4. The molecular formula is C19H17F2N3O3S. The van der Waals surface area contributed by atoms with Crippen molar-refractivity contribution in [2.75, 3.05) is 11.9 Å². The number of halogens is 2. The van der Waals surface area contributed by atoms with Crippen LogP contribution in [0.1, 0.15) is 35.5 Å². The highest BCUT2D eigenvalue weighted by Gasteiger charge is 2.21. The van der Waals surface area contributed by atoms with Gasteiger partial charge in [0.25, 0.3) is 0 Å². The molecule has 1 aromatic carbocycles. The molecule has 6 nitrogen and oxygen atoms in total. The van der Waals surface area contributed by atoms with Crippen LogP contribution in [0.25, 0.3) is 0 Å². The minimum Gasteiger partial charge on any atom is -0.462 e. The number of nitriles is 1. The summed E-state index contributed by atoms with van der Waals surface area (Å²) in [6.07, 6.45) is 0. The van der Waals surface area contributed by atoms with Gasteiger partial charge in [-0.15, -0.1) is 0 Å². The summed E-state index contributed by atoms with van der Waals surface area (Å²) < 4.78 is 31.6. The SMILES string of the molecule is CCOC(=O)c1cc(C#N)c(S[C@H](C)C(=O)Nc2ccc(F)cc2F)nc1C. The van der Waals surface area contributed by atoms with Crippen molar-refractivity contribution in [2.24, 2.45) is 0 Å². The predicted octanol–water partition coefficient (Wildman–Crippen LogP) is 3.84. The fourth-order valence-corrected chi connectivity index (χ4v) is 3.14. The van der Waals surface area contributed by atoms with Crippen LogP contribution in [0.2, 0.25) is 0 Å². The van der Waals surface area contributed by atoms with E-state index >= 15 is 0 Å². The molecule has 0 fully saturated rings. The highest BCUT2D eigenvalue weighted by atomic mass is 32.2. The van der Waals surface area contributed by atoms with Crippen molar-refractivity contribution in [3.63, 3.8) is 0 Å². The molecule has 0 radical (unpaired) electrons. The van der Waals surface area contributed by atoms with Gasteiger partial charge in [-0.3, -0.25) is 4.79 Å². The number of hydrogen-bond acceptors (Lipinski definition) is 6. The molecule has 1 aromatic heterocycles. The first-order chi connectivity index (χ1) is 13.3. The Hall–Kier alpha value is -2.99. The second kappa shape index (κ2) is 9.28. The lowest BCUT2D eigenvalue weighted by atomic mass is 10.1. The largest absolute Gasteiger partial charge is 0.462 e. The van der Waals surface area contributed by atoms with Crippen LogP contribution in [0.15, 0.2) is 29.3 Å². The number of thioether (sulfide) groups is 1. The zero-order chi connectivity index (χ0) is 20.8. The molecule has 0 aliphatic heterocycles. The topological polar surface area (TPSA) is 92.1 Å². The number of carbonyl (C=O) groups excluding carboxylic acids is 2. The Bertz CT molecular complexity index is 960. The molecule has 0 unspecified atom stereocenters. The number of aryl methyl sites for hydroxylation is 1. The standard InChI is InChI=1S/C19H17F2N3O3S/c1-4-27-19(26)14-7-12(9-22)18(23-10(14)2)28-11(3)17(25)24-16-6-5-13(20)8-15(16)21/h5-8,11H,4H2,1-3H3,(H,24,25)/t11-/m1/s1. The van der Waals surface area contributed by atoms with Crippen molar-refractivity contribution >= 4 is 29.3 Å². The first-order valence-electron chi connectivity index (χ1n) is 8.28. The van der Waals surface area contributed by atoms with Crippen molar-refractivity contribution in [2.45, 2.75) is 31.0 Å². The van der Waals surface area contributed by atoms with E-state index in [1.165, 1.54) is 6.07 Å². The third-order valence-electron chi connectivity index (χ3n) is 3.64. The van der Waals surface area contributed by atoms with E-state index in [1.54, 1.807) is 20.8 Å². The van der Waals surface area contributed by atoms with Gasteiger partial charge in [0, 0.05) is 6.07 Å². The van der Waals surface area contributed by atoms with Gasteiger partial charge in [0.2, 0.25) is 5.91 Å². The van der Waals surface area contributed by atoms with Crippen LogP contribution in [-0.4, -0.2) is 28.7 Å². The van der Waals surface area contributed by atoms with E-state index in [0.717, 1.165) is 23.9 Å². The number of nitrogens with one attached hydrogen (secondary N) is 1. The van der Waals surface area contributed by atoms with E-state index < -0.39 is 28.8 Å². The Morgan fingerprint density at radius 1 is 1.36 bits per heavy atom. The maximum absolute atomic E-state index is 13.7. The van der Waals surface area contributed by atoms with Crippen LogP contribution in [-0.2, 0) is 9.53 Å². The average Bonchev–Trinajstić information content (AvgIpc) is 2.64. The maximum atomic E-state index is 13.7. The number of ether oxygens (including phenoxy) is 1. The smallest absolute Gasteiger partial charge is 0.340 e. The Balaban J connectivity index is 2.19. The second-order valence-corrected chi connectivity index (χ2v) is 7.01. The highest BCUT2D eigenvalue weighted by Crippen LogP contribution is 2.28. The minimum atomic E-state index is -0.893. The summed E-state index contributed by atoms with van der Waals surface area (Å²) >= 11 is 0.985. The number of nitrogens with zero attached hydrogens (tertiary/aromatic N) is 2. The summed E-state index contributed by atoms with van der Waals surface area (Å²) in [5, 5.41) is 11.2. The molecule has 146 valence electrons. The van der Waals surface area contributed by atoms with Gasteiger partial charge in [-0.1, -0.05) is 11.8 Å². The van der Waals surface area contributed by atoms with Gasteiger partial charge < -0.3 is 10.1 Å². The lowest BCUT2D eigenvalue weighted by molar-refractivity contribution is -0.115. The lowest BCUT2D eigenvalue weighted by Gasteiger charge is -2.14. The first-order valence-corrected chi connectivity index (χ1v) is 9.16. The summed E-state index contributed by atoms with van der Waals surface area (Å²) in [5.41, 5.74) is 0.498. The van der Waals surface area contributed by atoms with E-state index in [4.69, 9.17) is 4.74 Å². The van der Waals surface area contributed by atoms with Gasteiger partial charge in [0.1, 0.15) is 22.7 Å². The van der Waals surface area contributed by atoms with Crippen molar-refractivity contribution in [3.8, 4) is 6.07 Å². The van der Waals surface area contributed by atoms with Crippen LogP contribution in [0, 0.1) is 29.9 Å². The Morgan fingerprint density at radius 2 is 2.07 bits per heavy atom. The van der Waals surface area contributed by atoms with Crippen molar-refractivity contribution in [1.29, 1.82) is 5.26 Å². The number of benzene rings is 1. The molecule has 0 aliphatic rings. The molecule has 1 amide bonds. The van der Waals surface area contributed by atoms with E-state index in [1.807, 2.05) is 6.07 Å². The molecule has 0 aliphatic carbocycles. The number of esters is 1. The zero-order valence-corrected chi connectivity index (χ0v) is 16.2. The van der Waals surface area contributed by atoms with Crippen LogP contribution >= 0.6 is 11.8 Å². The first kappa shape index (κ1) is 21.3. The van der Waals surface area contributed by atoms with E-state index in [2.05, 4.69) is 10.3 Å². The molecule has 2 rings (SSSR count). The molecule has 1 heterocycles. The lowest BCUT2D eigenvalue weighted by Crippen LogP contribution is -2.23. The van der Waals surface area contributed by atoms with Crippen LogP contribution < -0.4 is 5.32 Å². The quantitative estimate of drug-likeness (QED) is 0.580. The number of hydrogen-bond donors (Lipinski definition) is 1. The fourth-order valence-electron chi connectivity index (χ4n) is 2.21. The number of pyridine rings is 1. The van der Waals surface area contributed by atoms with Gasteiger partial charge in [-0.2, -0.15) is 5.26 Å². The third kappa shape index (κ3) is 5.04. The summed E-state index contributed by atoms with van der Waals surface area (Å²) in [6.45, 7) is 5.00. The Labute approximate surface area is 164 Å². The molecule has 9 heteroatoms. The van der Waals surface area contributed by atoms with Crippen molar-refractivity contribution < 1.29 is 23.1 Å². The van der Waals surface area contributed by atoms with Gasteiger partial charge in [-0.05, 0) is 39.0 Å². The van der Waals surface area contributed by atoms with Crippen molar-refractivity contribution in [1.82, 2.24) is 4.98 Å². The molecule has 0 spiro atoms. The monoisotopic (exact) mass is 405 g/mol. The van der Waals surface area contributed by atoms with Crippen LogP contribution in [0.5, 0.6) is 0 Å². The van der Waals surface area contributed by atoms with Crippen LogP contribution in [0.3, 0.4) is 0 Å². The summed E-state index contributed by atoms with van der Waals surface area (Å²) in [6, 6.07) is 6.13. The maximum Gasteiger partial charge on any atom is 0.340 e. The minimum absolute atomic E-state index is 0.117. The van der Waals surface area contributed by atoms with Crippen molar-refractivity contribution in [3.05, 3.63) is 52.7 Å². The highest BCUT2D eigenvalue weighted by molar-refractivity contribution is 8.00. The number of carbonyl (C=O) groups is 2. The second-order valence-electron chi connectivity index (χ2n) is 5.68. The Kier molecular flexibility index (Phi) is 7.06. The van der Waals surface area contributed by atoms with Gasteiger partial charge in [0.15, 0.2) is 0 Å². The molecule has 0 bridgehead atoms. The predicted molar refractivity (Wildman–Crippen MR) is 100.0 cm³/mol. The summed E-state index contributed by atoms with van der Waals surface area (Å²) in [5.74, 6) is -2.78. The summed E-state index contributed by atoms with van der Waals surface area (Å²) in [4.78, 5) is 28.5. The van der Waals surface area contributed by atoms with Gasteiger partial charge in [0.05, 0.1) is 34.4 Å². The van der Waals surface area contributed by atoms with E-state index in [0.29, 0.717) is 11.8 Å². The number of aromatic nitrogens is 1. The zero-order valence-electron chi connectivity index (χ0n) is 15.4. The third-order valence-corrected chi connectivity index (χ3v) is 4.74. The molecule has 0 saturated carbocycles. The molecule has 0 saturated heterocycles. The number of anilines is 1. The fraction of sp³-hybridized carbons (Fsp3) is 0.263. The Morgan fingerprint density at radius 3 is 2.68 bits per heavy atom. The molecule has 1 N–H and O–H groups in total. The van der Waals surface area contributed by atoms with Gasteiger partial charge in [-0.25, -0.2) is 18.6 Å². The molecule has 1 atom stereocenters. The van der Waals surface area contributed by atoms with E-state index in [-0.39, 0.29) is 28.4 Å². The number of rotatable bonds is 6. The van der Waals surface area contributed by atoms with E-state index in [9.17, 15) is 23.6 Å².